The highest BCUT2D eigenvalue weighted by Crippen LogP contribution is 2.22. The molecule has 1 aromatic carbocycles. The van der Waals surface area contributed by atoms with E-state index in [1.807, 2.05) is 13.0 Å². The predicted octanol–water partition coefficient (Wildman–Crippen LogP) is 2.11. The highest BCUT2D eigenvalue weighted by Gasteiger charge is 2.16. The average Bonchev–Trinajstić information content (AvgIpc) is 2.46. The standard InChI is InChI=1S/C14H19ClN2O3/c1-3-8-17(14(19)9-15)10-13(18)16-11-6-4-5-7-12(11)20-2/h4-7H,3,8-10H2,1-2H3,(H,16,18). The Bertz CT molecular complexity index is 465. The number of amides is 2. The first-order valence-corrected chi connectivity index (χ1v) is 6.92. The second-order valence-corrected chi connectivity index (χ2v) is 4.46. The zero-order valence-electron chi connectivity index (χ0n) is 11.7. The van der Waals surface area contributed by atoms with Crippen molar-refractivity contribution in [3.63, 3.8) is 0 Å². The van der Waals surface area contributed by atoms with Crippen molar-refractivity contribution in [1.29, 1.82) is 0 Å². The van der Waals surface area contributed by atoms with Crippen molar-refractivity contribution in [1.82, 2.24) is 4.90 Å². The maximum Gasteiger partial charge on any atom is 0.244 e. The lowest BCUT2D eigenvalue weighted by atomic mass is 10.3. The van der Waals surface area contributed by atoms with Gasteiger partial charge in [-0.1, -0.05) is 19.1 Å². The number of anilines is 1. The van der Waals surface area contributed by atoms with Gasteiger partial charge in [0.05, 0.1) is 19.3 Å². The van der Waals surface area contributed by atoms with Crippen LogP contribution in [0.4, 0.5) is 5.69 Å². The van der Waals surface area contributed by atoms with Gasteiger partial charge in [-0.2, -0.15) is 0 Å². The summed E-state index contributed by atoms with van der Waals surface area (Å²) in [5.41, 5.74) is 0.578. The largest absolute Gasteiger partial charge is 0.495 e. The van der Waals surface area contributed by atoms with Gasteiger partial charge >= 0.3 is 0 Å². The van der Waals surface area contributed by atoms with Crippen LogP contribution in [0.1, 0.15) is 13.3 Å². The number of hydrogen-bond acceptors (Lipinski definition) is 3. The zero-order chi connectivity index (χ0) is 15.0. The van der Waals surface area contributed by atoms with Crippen molar-refractivity contribution in [3.05, 3.63) is 24.3 Å². The van der Waals surface area contributed by atoms with Crippen LogP contribution < -0.4 is 10.1 Å². The van der Waals surface area contributed by atoms with Crippen LogP contribution in [0.5, 0.6) is 5.75 Å². The van der Waals surface area contributed by atoms with Gasteiger partial charge in [0.2, 0.25) is 11.8 Å². The molecule has 1 N–H and O–H groups in total. The molecule has 2 amide bonds. The van der Waals surface area contributed by atoms with Crippen LogP contribution in [0.2, 0.25) is 0 Å². The van der Waals surface area contributed by atoms with E-state index in [-0.39, 0.29) is 24.2 Å². The normalized spacial score (nSPS) is 9.95. The number of methoxy groups -OCH3 is 1. The Hall–Kier alpha value is -1.75. The van der Waals surface area contributed by atoms with Gasteiger partial charge < -0.3 is 15.0 Å². The second kappa shape index (κ2) is 8.43. The van der Waals surface area contributed by atoms with Gasteiger partial charge in [-0.25, -0.2) is 0 Å². The van der Waals surface area contributed by atoms with Crippen LogP contribution in [0.15, 0.2) is 24.3 Å². The van der Waals surface area contributed by atoms with E-state index in [0.717, 1.165) is 6.42 Å². The predicted molar refractivity (Wildman–Crippen MR) is 79.2 cm³/mol. The van der Waals surface area contributed by atoms with E-state index in [2.05, 4.69) is 5.32 Å². The van der Waals surface area contributed by atoms with Crippen molar-refractivity contribution in [2.45, 2.75) is 13.3 Å². The number of halogens is 1. The van der Waals surface area contributed by atoms with Gasteiger partial charge in [0.15, 0.2) is 0 Å². The topological polar surface area (TPSA) is 58.6 Å². The Morgan fingerprint density at radius 1 is 1.35 bits per heavy atom. The van der Waals surface area contributed by atoms with Crippen LogP contribution in [0.3, 0.4) is 0 Å². The number of hydrogen-bond donors (Lipinski definition) is 1. The highest BCUT2D eigenvalue weighted by atomic mass is 35.5. The molecule has 0 saturated heterocycles. The lowest BCUT2D eigenvalue weighted by molar-refractivity contribution is -0.132. The molecule has 0 spiro atoms. The monoisotopic (exact) mass is 298 g/mol. The fourth-order valence-electron chi connectivity index (χ4n) is 1.76. The number of rotatable bonds is 7. The number of benzene rings is 1. The minimum absolute atomic E-state index is 0.0164. The third-order valence-corrected chi connectivity index (χ3v) is 2.90. The van der Waals surface area contributed by atoms with Crippen molar-refractivity contribution < 1.29 is 14.3 Å². The molecular formula is C14H19ClN2O3. The van der Waals surface area contributed by atoms with Gasteiger partial charge in [0.25, 0.3) is 0 Å². The minimum Gasteiger partial charge on any atom is -0.495 e. The summed E-state index contributed by atoms with van der Waals surface area (Å²) in [6.45, 7) is 2.43. The number of nitrogens with one attached hydrogen (secondary N) is 1. The van der Waals surface area contributed by atoms with Crippen molar-refractivity contribution in [2.24, 2.45) is 0 Å². The quantitative estimate of drug-likeness (QED) is 0.784. The minimum atomic E-state index is -0.276. The Morgan fingerprint density at radius 2 is 2.05 bits per heavy atom. The first kappa shape index (κ1) is 16.3. The molecule has 110 valence electrons. The van der Waals surface area contributed by atoms with Gasteiger partial charge in [-0.15, -0.1) is 11.6 Å². The number of carbonyl (C=O) groups is 2. The first-order chi connectivity index (χ1) is 9.62. The maximum atomic E-state index is 12.0. The molecule has 0 heterocycles. The first-order valence-electron chi connectivity index (χ1n) is 6.39. The molecule has 0 aromatic heterocycles. The van der Waals surface area contributed by atoms with E-state index in [1.165, 1.54) is 12.0 Å². The molecule has 0 fully saturated rings. The van der Waals surface area contributed by atoms with E-state index >= 15 is 0 Å². The summed E-state index contributed by atoms with van der Waals surface area (Å²) in [7, 11) is 1.53. The number of para-hydroxylation sites is 2. The van der Waals surface area contributed by atoms with Crippen LogP contribution in [-0.4, -0.2) is 42.8 Å². The van der Waals surface area contributed by atoms with Crippen LogP contribution in [0.25, 0.3) is 0 Å². The molecule has 1 rings (SSSR count). The van der Waals surface area contributed by atoms with Gasteiger partial charge in [-0.05, 0) is 18.6 Å². The van der Waals surface area contributed by atoms with Gasteiger partial charge in [0, 0.05) is 6.54 Å². The van der Waals surface area contributed by atoms with E-state index in [4.69, 9.17) is 16.3 Å². The highest BCUT2D eigenvalue weighted by molar-refractivity contribution is 6.27. The molecule has 20 heavy (non-hydrogen) atoms. The Balaban J connectivity index is 2.68. The van der Waals surface area contributed by atoms with E-state index in [0.29, 0.717) is 18.0 Å². The van der Waals surface area contributed by atoms with Gasteiger partial charge in [-0.3, -0.25) is 9.59 Å². The van der Waals surface area contributed by atoms with Crippen molar-refractivity contribution in [3.8, 4) is 5.75 Å². The lowest BCUT2D eigenvalue weighted by Gasteiger charge is -2.20. The molecule has 1 aromatic rings. The van der Waals surface area contributed by atoms with Crippen molar-refractivity contribution in [2.75, 3.05) is 31.4 Å². The summed E-state index contributed by atoms with van der Waals surface area (Å²) in [6.07, 6.45) is 0.768. The van der Waals surface area contributed by atoms with E-state index in [1.54, 1.807) is 18.2 Å². The Labute approximate surface area is 123 Å². The molecule has 6 heteroatoms. The number of ether oxygens (including phenoxy) is 1. The summed E-state index contributed by atoms with van der Waals surface area (Å²) in [4.78, 5) is 25.0. The summed E-state index contributed by atoms with van der Waals surface area (Å²) >= 11 is 5.53. The summed E-state index contributed by atoms with van der Waals surface area (Å²) in [6, 6.07) is 7.11. The Morgan fingerprint density at radius 3 is 2.65 bits per heavy atom. The van der Waals surface area contributed by atoms with Crippen molar-refractivity contribution >= 4 is 29.1 Å². The smallest absolute Gasteiger partial charge is 0.244 e. The summed E-state index contributed by atoms with van der Waals surface area (Å²) < 4.78 is 5.15. The fourth-order valence-corrected chi connectivity index (χ4v) is 1.93. The van der Waals surface area contributed by atoms with Crippen LogP contribution >= 0.6 is 11.6 Å². The third-order valence-electron chi connectivity index (χ3n) is 2.68. The Kier molecular flexibility index (Phi) is 6.87. The van der Waals surface area contributed by atoms with Crippen LogP contribution in [-0.2, 0) is 9.59 Å². The van der Waals surface area contributed by atoms with Gasteiger partial charge in [0.1, 0.15) is 11.6 Å². The summed E-state index contributed by atoms with van der Waals surface area (Å²) in [5.74, 6) is -0.0706. The van der Waals surface area contributed by atoms with E-state index in [9.17, 15) is 9.59 Å². The molecule has 0 atom stereocenters. The molecule has 0 unspecified atom stereocenters. The molecule has 0 bridgehead atoms. The lowest BCUT2D eigenvalue weighted by Crippen LogP contribution is -2.39. The number of carbonyl (C=O) groups excluding carboxylic acids is 2. The summed E-state index contributed by atoms with van der Waals surface area (Å²) in [5, 5.41) is 2.73. The molecular weight excluding hydrogens is 280 g/mol. The average molecular weight is 299 g/mol. The fraction of sp³-hybridized carbons (Fsp3) is 0.429. The molecule has 0 aliphatic rings. The zero-order valence-corrected chi connectivity index (χ0v) is 12.4. The molecule has 0 radical (unpaired) electrons. The molecule has 5 nitrogen and oxygen atoms in total. The number of alkyl halides is 1. The van der Waals surface area contributed by atoms with Crippen LogP contribution in [0, 0.1) is 0 Å². The van der Waals surface area contributed by atoms with E-state index < -0.39 is 0 Å². The number of nitrogens with zero attached hydrogens (tertiary/aromatic N) is 1. The third kappa shape index (κ3) is 4.74. The molecule has 0 aliphatic heterocycles. The SMILES string of the molecule is CCCN(CC(=O)Nc1ccccc1OC)C(=O)CCl. The molecule has 0 aliphatic carbocycles. The maximum absolute atomic E-state index is 12.0. The second-order valence-electron chi connectivity index (χ2n) is 4.20. The molecule has 0 saturated carbocycles.